The van der Waals surface area contributed by atoms with Gasteiger partial charge in [0.05, 0.1) is 31.8 Å². The number of hydrogen-bond donors (Lipinski definition) is 0. The Balaban J connectivity index is 1.62. The topological polar surface area (TPSA) is 22.1 Å². The van der Waals surface area contributed by atoms with Crippen LogP contribution in [0.15, 0.2) is 61.3 Å². The van der Waals surface area contributed by atoms with Gasteiger partial charge in [0.25, 0.3) is 0 Å². The molecule has 3 nitrogen and oxygen atoms in total. The number of quaternary nitrogens is 1. The van der Waals surface area contributed by atoms with E-state index in [1.807, 2.05) is 6.20 Å². The molecule has 0 amide bonds. The zero-order chi connectivity index (χ0) is 17.6. The maximum Gasteiger partial charge on any atom is 0.135 e. The van der Waals surface area contributed by atoms with E-state index in [2.05, 4.69) is 60.1 Å². The second-order valence-corrected chi connectivity index (χ2v) is 8.20. The number of nitrogens with zero attached hydrogens (tertiary/aromatic N) is 2. The van der Waals surface area contributed by atoms with Gasteiger partial charge in [0.2, 0.25) is 0 Å². The number of aromatic nitrogens is 1. The van der Waals surface area contributed by atoms with Crippen LogP contribution in [0.1, 0.15) is 24.5 Å². The van der Waals surface area contributed by atoms with E-state index in [-0.39, 0.29) is 6.10 Å². The summed E-state index contributed by atoms with van der Waals surface area (Å²) < 4.78 is 7.66. The summed E-state index contributed by atoms with van der Waals surface area (Å²) in [5, 5.41) is 1.24. The van der Waals surface area contributed by atoms with E-state index in [9.17, 15) is 0 Å². The molecule has 4 aliphatic heterocycles. The summed E-state index contributed by atoms with van der Waals surface area (Å²) >= 11 is 0. The average molecular weight is 347 g/mol. The molecule has 1 spiro atoms. The normalized spacial score (nSPS) is 37.5. The molecule has 6 rings (SSSR count). The van der Waals surface area contributed by atoms with E-state index in [1.54, 1.807) is 0 Å². The Labute approximate surface area is 155 Å². The van der Waals surface area contributed by atoms with Crippen LogP contribution in [0.25, 0.3) is 10.9 Å². The van der Waals surface area contributed by atoms with Crippen LogP contribution in [-0.4, -0.2) is 41.8 Å². The van der Waals surface area contributed by atoms with E-state index in [0.717, 1.165) is 22.5 Å². The third-order valence-electron chi connectivity index (χ3n) is 7.02. The van der Waals surface area contributed by atoms with Gasteiger partial charge in [-0.2, -0.15) is 0 Å². The van der Waals surface area contributed by atoms with E-state index in [1.165, 1.54) is 36.9 Å². The fraction of sp³-hybridized carbons (Fsp3) is 0.435. The predicted molar refractivity (Wildman–Crippen MR) is 105 cm³/mol. The molecule has 0 unspecified atom stereocenters. The molecule has 0 saturated carbocycles. The first-order chi connectivity index (χ1) is 12.8. The Morgan fingerprint density at radius 2 is 2.12 bits per heavy atom. The van der Waals surface area contributed by atoms with Crippen LogP contribution in [-0.2, 0) is 4.74 Å². The molecule has 3 heteroatoms. The zero-order valence-corrected chi connectivity index (χ0v) is 15.3. The molecular weight excluding hydrogens is 320 g/mol. The van der Waals surface area contributed by atoms with Gasteiger partial charge in [-0.1, -0.05) is 30.4 Å². The lowest BCUT2D eigenvalue weighted by molar-refractivity contribution is -0.968. The van der Waals surface area contributed by atoms with Crippen molar-refractivity contribution in [3.05, 3.63) is 66.9 Å². The third kappa shape index (κ3) is 2.45. The third-order valence-corrected chi connectivity index (χ3v) is 7.02. The fourth-order valence-electron chi connectivity index (χ4n) is 5.69. The molecular formula is C23H27N2O+. The van der Waals surface area contributed by atoms with Crippen LogP contribution in [0, 0.1) is 11.8 Å². The van der Waals surface area contributed by atoms with Crippen LogP contribution in [0.5, 0.6) is 0 Å². The first kappa shape index (κ1) is 16.2. The molecule has 0 aliphatic carbocycles. The van der Waals surface area contributed by atoms with Crippen LogP contribution >= 0.6 is 0 Å². The molecule has 2 bridgehead atoms. The van der Waals surface area contributed by atoms with Crippen molar-refractivity contribution in [2.45, 2.75) is 25.0 Å². The molecule has 0 N–H and O–H groups in total. The Kier molecular flexibility index (Phi) is 3.95. The predicted octanol–water partition coefficient (Wildman–Crippen LogP) is 4.27. The van der Waals surface area contributed by atoms with Gasteiger partial charge in [-0.15, -0.1) is 6.58 Å². The van der Waals surface area contributed by atoms with Crippen molar-refractivity contribution < 1.29 is 9.22 Å². The fourth-order valence-corrected chi connectivity index (χ4v) is 5.69. The lowest BCUT2D eigenvalue weighted by Gasteiger charge is -2.58. The number of pyridine rings is 1. The second kappa shape index (κ2) is 6.33. The van der Waals surface area contributed by atoms with Crippen molar-refractivity contribution in [3.63, 3.8) is 0 Å². The molecule has 0 radical (unpaired) electrons. The van der Waals surface area contributed by atoms with Gasteiger partial charge in [0, 0.05) is 30.3 Å². The van der Waals surface area contributed by atoms with E-state index >= 15 is 0 Å². The molecule has 2 aromatic rings. The van der Waals surface area contributed by atoms with Gasteiger partial charge >= 0.3 is 0 Å². The van der Waals surface area contributed by atoms with Gasteiger partial charge in [-0.05, 0) is 29.7 Å². The van der Waals surface area contributed by atoms with Gasteiger partial charge in [0.1, 0.15) is 12.1 Å². The highest BCUT2D eigenvalue weighted by Crippen LogP contribution is 2.48. The largest absolute Gasteiger partial charge is 0.363 e. The van der Waals surface area contributed by atoms with E-state index in [4.69, 9.17) is 4.74 Å². The van der Waals surface area contributed by atoms with Crippen molar-refractivity contribution in [2.75, 3.05) is 26.2 Å². The lowest BCUT2D eigenvalue weighted by Crippen LogP contribution is -2.68. The highest BCUT2D eigenvalue weighted by Gasteiger charge is 2.54. The average Bonchev–Trinajstić information content (AvgIpc) is 2.69. The second-order valence-electron chi connectivity index (χ2n) is 8.20. The SMILES string of the molecule is C=C[C@H]1C[N@@+]23C/C=C\CO[C@@H](c4ccnc5ccccc45)[C@@H]2C[C@@H]1CC3. The molecule has 26 heavy (non-hydrogen) atoms. The van der Waals surface area contributed by atoms with Crippen molar-refractivity contribution in [2.24, 2.45) is 11.8 Å². The van der Waals surface area contributed by atoms with E-state index in [0.29, 0.717) is 18.6 Å². The summed E-state index contributed by atoms with van der Waals surface area (Å²) in [7, 11) is 0. The maximum atomic E-state index is 6.51. The van der Waals surface area contributed by atoms with Gasteiger partial charge in [-0.3, -0.25) is 4.98 Å². The summed E-state index contributed by atoms with van der Waals surface area (Å²) in [6, 6.07) is 11.2. The summed E-state index contributed by atoms with van der Waals surface area (Å²) in [5.41, 5.74) is 2.38. The Morgan fingerprint density at radius 1 is 1.19 bits per heavy atom. The summed E-state index contributed by atoms with van der Waals surface area (Å²) in [4.78, 5) is 4.57. The lowest BCUT2D eigenvalue weighted by atomic mass is 9.71. The van der Waals surface area contributed by atoms with Crippen LogP contribution in [0.3, 0.4) is 0 Å². The van der Waals surface area contributed by atoms with Crippen LogP contribution < -0.4 is 0 Å². The van der Waals surface area contributed by atoms with E-state index < -0.39 is 0 Å². The van der Waals surface area contributed by atoms with Gasteiger partial charge in [-0.25, -0.2) is 0 Å². The number of rotatable bonds is 2. The number of para-hydroxylation sites is 1. The Bertz CT molecular complexity index is 855. The number of piperidine rings is 3. The first-order valence-electron chi connectivity index (χ1n) is 9.89. The Hall–Kier alpha value is -1.97. The summed E-state index contributed by atoms with van der Waals surface area (Å²) in [6.07, 6.45) is 11.4. The van der Waals surface area contributed by atoms with Crippen LogP contribution in [0.4, 0.5) is 0 Å². The molecule has 134 valence electrons. The van der Waals surface area contributed by atoms with Gasteiger partial charge in [0.15, 0.2) is 0 Å². The molecule has 3 saturated heterocycles. The highest BCUT2D eigenvalue weighted by atomic mass is 16.5. The number of benzene rings is 1. The standard InChI is InChI=1S/C23H27N2O/c1-2-17-16-25-12-5-6-14-26-23(22(25)15-18(17)10-13-25)20-9-11-24-21-8-4-3-7-19(20)21/h2-9,11,17-18,22-23H,1,10,12-16H2/q+1/b6-5-/t17-,18-,22-,23-,25-/m0/s1. The quantitative estimate of drug-likeness (QED) is 0.598. The minimum absolute atomic E-state index is 0.140. The van der Waals surface area contributed by atoms with Crippen molar-refractivity contribution in [3.8, 4) is 0 Å². The minimum atomic E-state index is 0.140. The van der Waals surface area contributed by atoms with Crippen LogP contribution in [0.2, 0.25) is 0 Å². The summed E-state index contributed by atoms with van der Waals surface area (Å²) in [5.74, 6) is 1.42. The monoisotopic (exact) mass is 347 g/mol. The first-order valence-corrected chi connectivity index (χ1v) is 9.89. The minimum Gasteiger partial charge on any atom is -0.363 e. The molecule has 5 atom stereocenters. The number of fused-ring (bicyclic) bond motifs is 3. The Morgan fingerprint density at radius 3 is 3.04 bits per heavy atom. The van der Waals surface area contributed by atoms with Crippen molar-refractivity contribution >= 4 is 10.9 Å². The molecule has 1 aromatic heterocycles. The van der Waals surface area contributed by atoms with Crippen molar-refractivity contribution in [1.29, 1.82) is 0 Å². The van der Waals surface area contributed by atoms with Gasteiger partial charge < -0.3 is 9.22 Å². The van der Waals surface area contributed by atoms with Crippen molar-refractivity contribution in [1.82, 2.24) is 4.98 Å². The molecule has 5 heterocycles. The smallest absolute Gasteiger partial charge is 0.135 e. The summed E-state index contributed by atoms with van der Waals surface area (Å²) in [6.45, 7) is 8.45. The zero-order valence-electron chi connectivity index (χ0n) is 15.3. The maximum absolute atomic E-state index is 6.51. The number of ether oxygens (including phenoxy) is 1. The molecule has 3 fully saturated rings. The molecule has 4 aliphatic rings. The number of hydrogen-bond acceptors (Lipinski definition) is 2. The molecule has 1 aromatic carbocycles. The highest BCUT2D eigenvalue weighted by molar-refractivity contribution is 5.82.